The lowest BCUT2D eigenvalue weighted by molar-refractivity contribution is -0.159. The van der Waals surface area contributed by atoms with Crippen LogP contribution in [0.1, 0.15) is 6.42 Å². The second-order valence-corrected chi connectivity index (χ2v) is 6.19. The Morgan fingerprint density at radius 2 is 2.10 bits per heavy atom. The fourth-order valence-corrected chi connectivity index (χ4v) is 2.94. The molecule has 1 atom stereocenters. The quantitative estimate of drug-likeness (QED) is 0.838. The Morgan fingerprint density at radius 3 is 2.76 bits per heavy atom. The van der Waals surface area contributed by atoms with Crippen LogP contribution in [0.5, 0.6) is 0 Å². The summed E-state index contributed by atoms with van der Waals surface area (Å²) >= 11 is 7.38. The Morgan fingerprint density at radius 1 is 1.38 bits per heavy atom. The van der Waals surface area contributed by atoms with E-state index in [2.05, 4.69) is 0 Å². The number of carboxylic acid groups (broad SMARTS) is 1. The summed E-state index contributed by atoms with van der Waals surface area (Å²) < 4.78 is 5.09. The SMILES string of the molecule is O=C(O)C1CN(C(=O)CCSc2ccc(Cl)cc2)CCO1. The number of carboxylic acids is 1. The van der Waals surface area contributed by atoms with Crippen molar-refractivity contribution in [2.45, 2.75) is 17.4 Å². The van der Waals surface area contributed by atoms with Crippen LogP contribution >= 0.6 is 23.4 Å². The summed E-state index contributed by atoms with van der Waals surface area (Å²) in [5.74, 6) is -0.413. The van der Waals surface area contributed by atoms with E-state index in [-0.39, 0.29) is 19.1 Å². The smallest absolute Gasteiger partial charge is 0.334 e. The highest BCUT2D eigenvalue weighted by Gasteiger charge is 2.28. The molecule has 1 unspecified atom stereocenters. The zero-order valence-corrected chi connectivity index (χ0v) is 12.9. The van der Waals surface area contributed by atoms with Gasteiger partial charge >= 0.3 is 5.97 Å². The molecule has 1 aromatic carbocycles. The van der Waals surface area contributed by atoms with Gasteiger partial charge in [0.2, 0.25) is 5.91 Å². The summed E-state index contributed by atoms with van der Waals surface area (Å²) in [5, 5.41) is 9.59. The Bertz CT molecular complexity index is 508. The number of carbonyl (C=O) groups is 2. The van der Waals surface area contributed by atoms with Crippen LogP contribution in [0.4, 0.5) is 0 Å². The van der Waals surface area contributed by atoms with Gasteiger partial charge in [0, 0.05) is 28.6 Å². The lowest BCUT2D eigenvalue weighted by atomic mass is 10.2. The summed E-state index contributed by atoms with van der Waals surface area (Å²) in [4.78, 5) is 25.5. The third-order valence-electron chi connectivity index (χ3n) is 3.09. The van der Waals surface area contributed by atoms with Crippen molar-refractivity contribution in [2.75, 3.05) is 25.4 Å². The molecule has 0 aromatic heterocycles. The fraction of sp³-hybridized carbons (Fsp3) is 0.429. The monoisotopic (exact) mass is 329 g/mol. The van der Waals surface area contributed by atoms with E-state index in [0.717, 1.165) is 4.90 Å². The molecule has 114 valence electrons. The van der Waals surface area contributed by atoms with E-state index < -0.39 is 12.1 Å². The van der Waals surface area contributed by atoms with E-state index in [4.69, 9.17) is 21.4 Å². The first-order chi connectivity index (χ1) is 10.1. The molecule has 1 aliphatic heterocycles. The number of nitrogens with zero attached hydrogens (tertiary/aromatic N) is 1. The molecule has 2 rings (SSSR count). The normalized spacial score (nSPS) is 18.5. The van der Waals surface area contributed by atoms with Gasteiger partial charge in [-0.15, -0.1) is 11.8 Å². The minimum Gasteiger partial charge on any atom is -0.479 e. The van der Waals surface area contributed by atoms with Crippen LogP contribution in [-0.2, 0) is 14.3 Å². The number of hydrogen-bond donors (Lipinski definition) is 1. The van der Waals surface area contributed by atoms with Crippen molar-refractivity contribution in [1.29, 1.82) is 0 Å². The molecule has 1 aromatic rings. The summed E-state index contributed by atoms with van der Waals surface area (Å²) in [7, 11) is 0. The minimum absolute atomic E-state index is 0.0361. The molecule has 1 heterocycles. The largest absolute Gasteiger partial charge is 0.479 e. The van der Waals surface area contributed by atoms with Crippen molar-refractivity contribution >= 4 is 35.2 Å². The molecule has 1 saturated heterocycles. The Kier molecular flexibility index (Phi) is 5.90. The van der Waals surface area contributed by atoms with E-state index in [1.54, 1.807) is 16.7 Å². The van der Waals surface area contributed by atoms with E-state index in [9.17, 15) is 9.59 Å². The first-order valence-corrected chi connectivity index (χ1v) is 7.93. The maximum Gasteiger partial charge on any atom is 0.334 e. The third kappa shape index (κ3) is 4.91. The second kappa shape index (κ2) is 7.68. The van der Waals surface area contributed by atoms with Crippen molar-refractivity contribution < 1.29 is 19.4 Å². The molecule has 0 spiro atoms. The van der Waals surface area contributed by atoms with Crippen molar-refractivity contribution in [3.05, 3.63) is 29.3 Å². The molecule has 1 aliphatic rings. The summed E-state index contributed by atoms with van der Waals surface area (Å²) in [6.45, 7) is 0.848. The zero-order chi connectivity index (χ0) is 15.2. The topological polar surface area (TPSA) is 66.8 Å². The van der Waals surface area contributed by atoms with E-state index in [1.165, 1.54) is 0 Å². The second-order valence-electron chi connectivity index (χ2n) is 4.59. The van der Waals surface area contributed by atoms with Crippen molar-refractivity contribution in [3.8, 4) is 0 Å². The number of ether oxygens (including phenoxy) is 1. The summed E-state index contributed by atoms with van der Waals surface area (Å²) in [6, 6.07) is 7.44. The number of hydrogen-bond acceptors (Lipinski definition) is 4. The number of carbonyl (C=O) groups excluding carboxylic acids is 1. The molecule has 5 nitrogen and oxygen atoms in total. The lowest BCUT2D eigenvalue weighted by Crippen LogP contribution is -2.48. The van der Waals surface area contributed by atoms with E-state index >= 15 is 0 Å². The van der Waals surface area contributed by atoms with Gasteiger partial charge in [0.15, 0.2) is 6.10 Å². The molecule has 1 N–H and O–H groups in total. The summed E-state index contributed by atoms with van der Waals surface area (Å²) in [6.07, 6.45) is -0.536. The number of rotatable bonds is 5. The Balaban J connectivity index is 1.76. The molecule has 21 heavy (non-hydrogen) atoms. The highest BCUT2D eigenvalue weighted by molar-refractivity contribution is 7.99. The number of benzene rings is 1. The van der Waals surface area contributed by atoms with Gasteiger partial charge in [0.1, 0.15) is 0 Å². The zero-order valence-electron chi connectivity index (χ0n) is 11.3. The first kappa shape index (κ1) is 16.1. The van der Waals surface area contributed by atoms with Crippen molar-refractivity contribution in [2.24, 2.45) is 0 Å². The van der Waals surface area contributed by atoms with Crippen LogP contribution in [0.2, 0.25) is 5.02 Å². The number of amides is 1. The number of thioether (sulfide) groups is 1. The summed E-state index contributed by atoms with van der Waals surface area (Å²) in [5.41, 5.74) is 0. The minimum atomic E-state index is -1.02. The van der Waals surface area contributed by atoms with Gasteiger partial charge in [0.05, 0.1) is 13.2 Å². The molecule has 0 saturated carbocycles. The van der Waals surface area contributed by atoms with Crippen LogP contribution < -0.4 is 0 Å². The highest BCUT2D eigenvalue weighted by atomic mass is 35.5. The lowest BCUT2D eigenvalue weighted by Gasteiger charge is -2.30. The van der Waals surface area contributed by atoms with Crippen LogP contribution in [-0.4, -0.2) is 53.4 Å². The third-order valence-corrected chi connectivity index (χ3v) is 4.36. The molecule has 0 bridgehead atoms. The molecule has 1 fully saturated rings. The van der Waals surface area contributed by atoms with Gasteiger partial charge in [-0.25, -0.2) is 4.79 Å². The van der Waals surface area contributed by atoms with Gasteiger partial charge in [-0.2, -0.15) is 0 Å². The number of morpholine rings is 1. The molecule has 0 aliphatic carbocycles. The molecular formula is C14H16ClNO4S. The molecule has 0 radical (unpaired) electrons. The Hall–Kier alpha value is -1.24. The van der Waals surface area contributed by atoms with Crippen LogP contribution in [0.3, 0.4) is 0 Å². The van der Waals surface area contributed by atoms with Crippen LogP contribution in [0.25, 0.3) is 0 Å². The number of halogens is 1. The predicted molar refractivity (Wildman–Crippen MR) is 80.7 cm³/mol. The van der Waals surface area contributed by atoms with Gasteiger partial charge in [-0.1, -0.05) is 11.6 Å². The van der Waals surface area contributed by atoms with Gasteiger partial charge < -0.3 is 14.7 Å². The average molecular weight is 330 g/mol. The maximum absolute atomic E-state index is 12.1. The maximum atomic E-state index is 12.1. The van der Waals surface area contributed by atoms with Crippen molar-refractivity contribution in [3.63, 3.8) is 0 Å². The van der Waals surface area contributed by atoms with Gasteiger partial charge in [-0.3, -0.25) is 4.79 Å². The highest BCUT2D eigenvalue weighted by Crippen LogP contribution is 2.21. The average Bonchev–Trinajstić information content (AvgIpc) is 2.49. The van der Waals surface area contributed by atoms with Crippen LogP contribution in [0, 0.1) is 0 Å². The molecular weight excluding hydrogens is 314 g/mol. The predicted octanol–water partition coefficient (Wildman–Crippen LogP) is 2.13. The standard InChI is InChI=1S/C14H16ClNO4S/c15-10-1-3-11(4-2-10)21-8-5-13(17)16-6-7-20-12(9-16)14(18)19/h1-4,12H,5-9H2,(H,18,19). The van der Waals surface area contributed by atoms with Crippen molar-refractivity contribution in [1.82, 2.24) is 4.90 Å². The first-order valence-electron chi connectivity index (χ1n) is 6.57. The van der Waals surface area contributed by atoms with Gasteiger partial charge in [0.25, 0.3) is 0 Å². The van der Waals surface area contributed by atoms with Gasteiger partial charge in [-0.05, 0) is 24.3 Å². The molecule has 1 amide bonds. The molecule has 7 heteroatoms. The van der Waals surface area contributed by atoms with E-state index in [0.29, 0.717) is 23.7 Å². The number of aliphatic carboxylic acids is 1. The fourth-order valence-electron chi connectivity index (χ4n) is 1.97. The van der Waals surface area contributed by atoms with E-state index in [1.807, 2.05) is 24.3 Å². The van der Waals surface area contributed by atoms with Crippen LogP contribution in [0.15, 0.2) is 29.2 Å². The Labute approximate surface area is 132 Å².